The SMILES string of the molecule is C[Si](C)(C)c1ccc2sc3ccc(N)cc3c2c1. The second-order valence-electron chi connectivity index (χ2n) is 5.82. The van der Waals surface area contributed by atoms with Crippen molar-refractivity contribution < 1.29 is 0 Å². The van der Waals surface area contributed by atoms with E-state index in [1.54, 1.807) is 0 Å². The molecule has 1 heterocycles. The molecule has 0 saturated heterocycles. The number of fused-ring (bicyclic) bond motifs is 3. The maximum Gasteiger partial charge on any atom is 0.0776 e. The van der Waals surface area contributed by atoms with Gasteiger partial charge in [0.15, 0.2) is 0 Å². The fraction of sp³-hybridized carbons (Fsp3) is 0.200. The van der Waals surface area contributed by atoms with Crippen molar-refractivity contribution in [2.75, 3.05) is 5.73 Å². The van der Waals surface area contributed by atoms with Crippen LogP contribution in [0.15, 0.2) is 36.4 Å². The van der Waals surface area contributed by atoms with Gasteiger partial charge in [-0.1, -0.05) is 37.0 Å². The van der Waals surface area contributed by atoms with Gasteiger partial charge in [0.1, 0.15) is 0 Å². The zero-order valence-electron chi connectivity index (χ0n) is 10.9. The fourth-order valence-electron chi connectivity index (χ4n) is 2.26. The predicted octanol–water partition coefficient (Wildman–Crippen LogP) is 4.18. The number of nitrogens with two attached hydrogens (primary N) is 1. The van der Waals surface area contributed by atoms with Crippen LogP contribution in [0.2, 0.25) is 19.6 Å². The van der Waals surface area contributed by atoms with E-state index >= 15 is 0 Å². The molecule has 0 fully saturated rings. The van der Waals surface area contributed by atoms with Crippen LogP contribution in [-0.2, 0) is 0 Å². The number of rotatable bonds is 1. The molecule has 1 nitrogen and oxygen atoms in total. The molecule has 3 heteroatoms. The monoisotopic (exact) mass is 271 g/mol. The molecule has 0 amide bonds. The Kier molecular flexibility index (Phi) is 2.50. The molecule has 1 aromatic heterocycles. The van der Waals surface area contributed by atoms with Gasteiger partial charge in [-0.05, 0) is 24.3 Å². The zero-order chi connectivity index (χ0) is 12.9. The Morgan fingerprint density at radius 2 is 1.50 bits per heavy atom. The number of anilines is 1. The molecule has 0 aliphatic rings. The van der Waals surface area contributed by atoms with Crippen LogP contribution in [-0.4, -0.2) is 8.07 Å². The molecular formula is C15H17NSSi. The summed E-state index contributed by atoms with van der Waals surface area (Å²) in [6.07, 6.45) is 0. The van der Waals surface area contributed by atoms with Crippen molar-refractivity contribution >= 4 is 50.5 Å². The van der Waals surface area contributed by atoms with E-state index in [4.69, 9.17) is 5.73 Å². The van der Waals surface area contributed by atoms with Crippen molar-refractivity contribution in [1.29, 1.82) is 0 Å². The molecule has 18 heavy (non-hydrogen) atoms. The van der Waals surface area contributed by atoms with E-state index in [0.29, 0.717) is 0 Å². The van der Waals surface area contributed by atoms with Crippen LogP contribution in [0, 0.1) is 0 Å². The molecule has 0 saturated carbocycles. The van der Waals surface area contributed by atoms with Crippen LogP contribution in [0.25, 0.3) is 20.2 Å². The summed E-state index contributed by atoms with van der Waals surface area (Å²) >= 11 is 1.85. The minimum atomic E-state index is -1.25. The highest BCUT2D eigenvalue weighted by atomic mass is 32.1. The van der Waals surface area contributed by atoms with Crippen molar-refractivity contribution in [3.63, 3.8) is 0 Å². The van der Waals surface area contributed by atoms with Crippen molar-refractivity contribution in [1.82, 2.24) is 0 Å². The lowest BCUT2D eigenvalue weighted by atomic mass is 10.1. The Balaban J connectivity index is 2.38. The van der Waals surface area contributed by atoms with Crippen LogP contribution in [0.4, 0.5) is 5.69 Å². The second-order valence-corrected chi connectivity index (χ2v) is 12.0. The molecule has 2 N–H and O–H groups in total. The first kappa shape index (κ1) is 11.7. The molecule has 2 aromatic carbocycles. The Labute approximate surface area is 112 Å². The second kappa shape index (κ2) is 3.83. The third-order valence-corrected chi connectivity index (χ3v) is 6.55. The van der Waals surface area contributed by atoms with Gasteiger partial charge in [-0.25, -0.2) is 0 Å². The van der Waals surface area contributed by atoms with Crippen molar-refractivity contribution in [3.8, 4) is 0 Å². The van der Waals surface area contributed by atoms with Gasteiger partial charge >= 0.3 is 0 Å². The number of thiophene rings is 1. The topological polar surface area (TPSA) is 26.0 Å². The Morgan fingerprint density at radius 1 is 0.889 bits per heavy atom. The summed E-state index contributed by atoms with van der Waals surface area (Å²) in [6, 6.07) is 13.2. The van der Waals surface area contributed by atoms with Crippen LogP contribution in [0.3, 0.4) is 0 Å². The minimum absolute atomic E-state index is 0.848. The largest absolute Gasteiger partial charge is 0.399 e. The Hall–Kier alpha value is -1.32. The summed E-state index contributed by atoms with van der Waals surface area (Å²) in [6.45, 7) is 7.16. The fourth-order valence-corrected chi connectivity index (χ4v) is 4.49. The average Bonchev–Trinajstić information content (AvgIpc) is 2.65. The molecule has 0 spiro atoms. The van der Waals surface area contributed by atoms with Gasteiger partial charge in [-0.15, -0.1) is 11.3 Å². The quantitative estimate of drug-likeness (QED) is 0.521. The molecule has 3 rings (SSSR count). The van der Waals surface area contributed by atoms with E-state index in [2.05, 4.69) is 50.0 Å². The van der Waals surface area contributed by atoms with Gasteiger partial charge < -0.3 is 5.73 Å². The first-order valence-corrected chi connectivity index (χ1v) is 10.5. The average molecular weight is 271 g/mol. The van der Waals surface area contributed by atoms with Crippen molar-refractivity contribution in [3.05, 3.63) is 36.4 Å². The van der Waals surface area contributed by atoms with E-state index in [1.807, 2.05) is 17.4 Å². The maximum absolute atomic E-state index is 5.91. The number of hydrogen-bond acceptors (Lipinski definition) is 2. The standard InChI is InChI=1S/C15H17NSSi/c1-18(2,3)11-5-7-15-13(9-11)12-8-10(16)4-6-14(12)17-15/h4-9H,16H2,1-3H3. The zero-order valence-corrected chi connectivity index (χ0v) is 12.8. The smallest absolute Gasteiger partial charge is 0.0776 e. The Morgan fingerprint density at radius 3 is 2.17 bits per heavy atom. The van der Waals surface area contributed by atoms with Crippen molar-refractivity contribution in [2.45, 2.75) is 19.6 Å². The third kappa shape index (κ3) is 1.84. The first-order chi connectivity index (χ1) is 8.45. The van der Waals surface area contributed by atoms with Gasteiger partial charge in [0.2, 0.25) is 0 Å². The molecule has 0 atom stereocenters. The molecule has 0 aliphatic heterocycles. The molecular weight excluding hydrogens is 254 g/mol. The molecule has 3 aromatic rings. The molecule has 0 radical (unpaired) electrons. The summed E-state index contributed by atoms with van der Waals surface area (Å²) in [4.78, 5) is 0. The van der Waals surface area contributed by atoms with E-state index in [1.165, 1.54) is 25.4 Å². The van der Waals surface area contributed by atoms with E-state index in [9.17, 15) is 0 Å². The minimum Gasteiger partial charge on any atom is -0.399 e. The highest BCUT2D eigenvalue weighted by Crippen LogP contribution is 2.34. The molecule has 92 valence electrons. The van der Waals surface area contributed by atoms with Crippen LogP contribution >= 0.6 is 11.3 Å². The summed E-state index contributed by atoms with van der Waals surface area (Å²) in [7, 11) is -1.25. The van der Waals surface area contributed by atoms with E-state index in [0.717, 1.165) is 5.69 Å². The molecule has 0 bridgehead atoms. The lowest BCUT2D eigenvalue weighted by molar-refractivity contribution is 1.73. The first-order valence-electron chi connectivity index (χ1n) is 6.17. The predicted molar refractivity (Wildman–Crippen MR) is 86.7 cm³/mol. The number of hydrogen-bond donors (Lipinski definition) is 1. The van der Waals surface area contributed by atoms with Crippen LogP contribution < -0.4 is 10.9 Å². The maximum atomic E-state index is 5.91. The third-order valence-electron chi connectivity index (χ3n) is 3.36. The highest BCUT2D eigenvalue weighted by Gasteiger charge is 2.17. The van der Waals surface area contributed by atoms with Gasteiger partial charge in [0.25, 0.3) is 0 Å². The normalized spacial score (nSPS) is 12.4. The number of benzene rings is 2. The summed E-state index contributed by atoms with van der Waals surface area (Å²) < 4.78 is 2.68. The molecule has 0 aliphatic carbocycles. The van der Waals surface area contributed by atoms with Crippen molar-refractivity contribution in [2.24, 2.45) is 0 Å². The van der Waals surface area contributed by atoms with Crippen LogP contribution in [0.1, 0.15) is 0 Å². The van der Waals surface area contributed by atoms with Gasteiger partial charge in [0, 0.05) is 25.9 Å². The summed E-state index contributed by atoms with van der Waals surface area (Å²) in [5.74, 6) is 0. The highest BCUT2D eigenvalue weighted by molar-refractivity contribution is 7.25. The van der Waals surface area contributed by atoms with Gasteiger partial charge in [-0.2, -0.15) is 0 Å². The lowest BCUT2D eigenvalue weighted by Gasteiger charge is -2.16. The Bertz CT molecular complexity index is 737. The van der Waals surface area contributed by atoms with E-state index in [-0.39, 0.29) is 0 Å². The van der Waals surface area contributed by atoms with Gasteiger partial charge in [-0.3, -0.25) is 0 Å². The van der Waals surface area contributed by atoms with Gasteiger partial charge in [0.05, 0.1) is 8.07 Å². The lowest BCUT2D eigenvalue weighted by Crippen LogP contribution is -2.37. The van der Waals surface area contributed by atoms with E-state index < -0.39 is 8.07 Å². The number of nitrogen functional groups attached to an aromatic ring is 1. The summed E-state index contributed by atoms with van der Waals surface area (Å²) in [5.41, 5.74) is 6.76. The molecule has 0 unspecified atom stereocenters. The summed E-state index contributed by atoms with van der Waals surface area (Å²) in [5, 5.41) is 4.18. The van der Waals surface area contributed by atoms with Crippen LogP contribution in [0.5, 0.6) is 0 Å².